The summed E-state index contributed by atoms with van der Waals surface area (Å²) in [6.45, 7) is 1.87. The fourth-order valence-electron chi connectivity index (χ4n) is 1.56. The van der Waals surface area contributed by atoms with Gasteiger partial charge in [0.2, 0.25) is 5.91 Å². The van der Waals surface area contributed by atoms with Crippen molar-refractivity contribution in [2.45, 2.75) is 26.1 Å². The highest BCUT2D eigenvalue weighted by atomic mass is 32.1. The predicted molar refractivity (Wildman–Crippen MR) is 69.8 cm³/mol. The topological polar surface area (TPSA) is 51.2 Å². The van der Waals surface area contributed by atoms with Crippen LogP contribution in [0.5, 0.6) is 5.75 Å². The number of halogens is 3. The number of carbonyl (C=O) groups is 1. The molecule has 0 radical (unpaired) electrons. The van der Waals surface area contributed by atoms with E-state index in [0.717, 1.165) is 11.3 Å². The zero-order valence-corrected chi connectivity index (χ0v) is 11.3. The van der Waals surface area contributed by atoms with Crippen LogP contribution < -0.4 is 10.1 Å². The lowest BCUT2D eigenvalue weighted by Crippen LogP contribution is -2.16. The normalized spacial score (nSPS) is 11.6. The molecule has 0 aliphatic heterocycles. The van der Waals surface area contributed by atoms with Gasteiger partial charge in [-0.1, -0.05) is 18.3 Å². The Morgan fingerprint density at radius 2 is 2.20 bits per heavy atom. The van der Waals surface area contributed by atoms with Gasteiger partial charge in [-0.2, -0.15) is 0 Å². The number of aromatic nitrogens is 1. The minimum absolute atomic E-state index is 0.168. The van der Waals surface area contributed by atoms with Gasteiger partial charge in [-0.25, -0.2) is 4.98 Å². The van der Waals surface area contributed by atoms with Crippen molar-refractivity contribution in [3.63, 3.8) is 0 Å². The number of carbonyl (C=O) groups excluding carboxylic acids is 1. The van der Waals surface area contributed by atoms with E-state index in [2.05, 4.69) is 15.0 Å². The summed E-state index contributed by atoms with van der Waals surface area (Å²) >= 11 is 1.10. The van der Waals surface area contributed by atoms with Crippen LogP contribution in [0.3, 0.4) is 0 Å². The van der Waals surface area contributed by atoms with Crippen molar-refractivity contribution < 1.29 is 22.7 Å². The van der Waals surface area contributed by atoms with Gasteiger partial charge in [0.05, 0.1) is 10.2 Å². The SMILES string of the molecule is CCCC(=O)Nc1nc2ccc(OC(F)(F)F)cc2s1. The van der Waals surface area contributed by atoms with E-state index in [1.807, 2.05) is 6.92 Å². The predicted octanol–water partition coefficient (Wildman–Crippen LogP) is 3.93. The molecule has 0 aliphatic carbocycles. The molecule has 20 heavy (non-hydrogen) atoms. The number of hydrogen-bond donors (Lipinski definition) is 1. The average Bonchev–Trinajstić information content (AvgIpc) is 2.68. The molecule has 0 spiro atoms. The van der Waals surface area contributed by atoms with E-state index in [1.54, 1.807) is 0 Å². The first-order chi connectivity index (χ1) is 9.37. The van der Waals surface area contributed by atoms with Gasteiger partial charge in [-0.05, 0) is 18.6 Å². The molecule has 0 unspecified atom stereocenters. The quantitative estimate of drug-likeness (QED) is 0.931. The molecule has 108 valence electrons. The molecule has 8 heteroatoms. The highest BCUT2D eigenvalue weighted by molar-refractivity contribution is 7.22. The van der Waals surface area contributed by atoms with Crippen molar-refractivity contribution in [1.82, 2.24) is 4.98 Å². The lowest BCUT2D eigenvalue weighted by molar-refractivity contribution is -0.274. The summed E-state index contributed by atoms with van der Waals surface area (Å²) in [5.41, 5.74) is 0.510. The molecule has 1 amide bonds. The van der Waals surface area contributed by atoms with Gasteiger partial charge in [-0.3, -0.25) is 4.79 Å². The molecular formula is C12H11F3N2O2S. The van der Waals surface area contributed by atoms with E-state index < -0.39 is 6.36 Å². The molecule has 2 rings (SSSR count). The highest BCUT2D eigenvalue weighted by Gasteiger charge is 2.31. The number of rotatable bonds is 4. The third kappa shape index (κ3) is 3.83. The molecule has 0 aliphatic rings. The Labute approximate surface area is 116 Å². The van der Waals surface area contributed by atoms with Crippen LogP contribution in [-0.2, 0) is 4.79 Å². The van der Waals surface area contributed by atoms with Crippen molar-refractivity contribution in [1.29, 1.82) is 0 Å². The van der Waals surface area contributed by atoms with E-state index in [-0.39, 0.29) is 11.7 Å². The Morgan fingerprint density at radius 3 is 2.85 bits per heavy atom. The number of nitrogens with one attached hydrogen (secondary N) is 1. The van der Waals surface area contributed by atoms with Crippen LogP contribution in [0, 0.1) is 0 Å². The Hall–Kier alpha value is -1.83. The third-order valence-electron chi connectivity index (χ3n) is 2.32. The van der Waals surface area contributed by atoms with Crippen molar-refractivity contribution in [3.8, 4) is 5.75 Å². The molecule has 0 fully saturated rings. The van der Waals surface area contributed by atoms with E-state index in [1.165, 1.54) is 18.2 Å². The van der Waals surface area contributed by atoms with Gasteiger partial charge in [0.15, 0.2) is 5.13 Å². The second-order valence-corrected chi connectivity index (χ2v) is 5.03. The lowest BCUT2D eigenvalue weighted by atomic mass is 10.3. The Bertz CT molecular complexity index is 625. The molecule has 1 aromatic carbocycles. The maximum Gasteiger partial charge on any atom is 0.573 e. The number of anilines is 1. The van der Waals surface area contributed by atoms with Crippen LogP contribution in [-0.4, -0.2) is 17.3 Å². The van der Waals surface area contributed by atoms with E-state index in [0.29, 0.717) is 28.2 Å². The molecular weight excluding hydrogens is 293 g/mol. The van der Waals surface area contributed by atoms with Crippen LogP contribution in [0.2, 0.25) is 0 Å². The highest BCUT2D eigenvalue weighted by Crippen LogP contribution is 2.31. The fourth-order valence-corrected chi connectivity index (χ4v) is 2.47. The number of alkyl halides is 3. The summed E-state index contributed by atoms with van der Waals surface area (Å²) in [5, 5.41) is 2.97. The summed E-state index contributed by atoms with van der Waals surface area (Å²) in [6.07, 6.45) is -3.64. The van der Waals surface area contributed by atoms with Crippen molar-refractivity contribution in [2.75, 3.05) is 5.32 Å². The number of fused-ring (bicyclic) bond motifs is 1. The third-order valence-corrected chi connectivity index (χ3v) is 3.25. The Kier molecular flexibility index (Phi) is 4.12. The van der Waals surface area contributed by atoms with Gasteiger partial charge >= 0.3 is 6.36 Å². The van der Waals surface area contributed by atoms with Crippen LogP contribution in [0.25, 0.3) is 10.2 Å². The minimum Gasteiger partial charge on any atom is -0.406 e. The lowest BCUT2D eigenvalue weighted by Gasteiger charge is -2.07. The molecule has 0 saturated heterocycles. The Balaban J connectivity index is 2.19. The standard InChI is InChI=1S/C12H11F3N2O2S/c1-2-3-10(18)17-11-16-8-5-4-7(6-9(8)20-11)19-12(13,14)15/h4-6H,2-3H2,1H3,(H,16,17,18). The second kappa shape index (κ2) is 5.66. The molecule has 0 atom stereocenters. The minimum atomic E-state index is -4.73. The van der Waals surface area contributed by atoms with Gasteiger partial charge in [-0.15, -0.1) is 13.2 Å². The van der Waals surface area contributed by atoms with Crippen LogP contribution in [0.1, 0.15) is 19.8 Å². The number of ether oxygens (including phenoxy) is 1. The monoisotopic (exact) mass is 304 g/mol. The van der Waals surface area contributed by atoms with E-state index in [4.69, 9.17) is 0 Å². The molecule has 0 saturated carbocycles. The van der Waals surface area contributed by atoms with Gasteiger partial charge in [0.25, 0.3) is 0 Å². The number of amides is 1. The zero-order valence-electron chi connectivity index (χ0n) is 10.5. The van der Waals surface area contributed by atoms with E-state index >= 15 is 0 Å². The van der Waals surface area contributed by atoms with Crippen LogP contribution >= 0.6 is 11.3 Å². The number of benzene rings is 1. The smallest absolute Gasteiger partial charge is 0.406 e. The number of nitrogens with zero attached hydrogens (tertiary/aromatic N) is 1. The summed E-state index contributed by atoms with van der Waals surface area (Å²) in [6, 6.07) is 3.85. The van der Waals surface area contributed by atoms with Gasteiger partial charge in [0, 0.05) is 12.5 Å². The first-order valence-electron chi connectivity index (χ1n) is 5.83. The summed E-state index contributed by atoms with van der Waals surface area (Å²) in [7, 11) is 0. The molecule has 1 aromatic heterocycles. The largest absolute Gasteiger partial charge is 0.573 e. The molecule has 2 aromatic rings. The summed E-state index contributed by atoms with van der Waals surface area (Å²) in [4.78, 5) is 15.5. The maximum atomic E-state index is 12.1. The maximum absolute atomic E-state index is 12.1. The first kappa shape index (κ1) is 14.6. The first-order valence-corrected chi connectivity index (χ1v) is 6.65. The molecule has 0 bridgehead atoms. The van der Waals surface area contributed by atoms with Crippen molar-refractivity contribution in [2.24, 2.45) is 0 Å². The van der Waals surface area contributed by atoms with Crippen molar-refractivity contribution >= 4 is 32.6 Å². The van der Waals surface area contributed by atoms with Gasteiger partial charge in [0.1, 0.15) is 5.75 Å². The zero-order chi connectivity index (χ0) is 14.8. The van der Waals surface area contributed by atoms with Crippen LogP contribution in [0.15, 0.2) is 18.2 Å². The molecule has 1 N–H and O–H groups in total. The number of hydrogen-bond acceptors (Lipinski definition) is 4. The van der Waals surface area contributed by atoms with Crippen molar-refractivity contribution in [3.05, 3.63) is 18.2 Å². The summed E-state index contributed by atoms with van der Waals surface area (Å²) < 4.78 is 40.7. The molecule has 4 nitrogen and oxygen atoms in total. The average molecular weight is 304 g/mol. The number of thiazole rings is 1. The van der Waals surface area contributed by atoms with E-state index in [9.17, 15) is 18.0 Å². The van der Waals surface area contributed by atoms with Crippen LogP contribution in [0.4, 0.5) is 18.3 Å². The fraction of sp³-hybridized carbons (Fsp3) is 0.333. The second-order valence-electron chi connectivity index (χ2n) is 3.99. The van der Waals surface area contributed by atoms with Gasteiger partial charge < -0.3 is 10.1 Å². The molecule has 1 heterocycles. The summed E-state index contributed by atoms with van der Waals surface area (Å²) in [5.74, 6) is -0.474. The Morgan fingerprint density at radius 1 is 1.45 bits per heavy atom.